The van der Waals surface area contributed by atoms with Gasteiger partial charge < -0.3 is 5.11 Å². The monoisotopic (exact) mass is 305 g/mol. The zero-order valence-electron chi connectivity index (χ0n) is 8.64. The van der Waals surface area contributed by atoms with E-state index in [9.17, 15) is 14.9 Å². The molecule has 0 saturated heterocycles. The van der Waals surface area contributed by atoms with Gasteiger partial charge in [-0.25, -0.2) is 15.3 Å². The highest BCUT2D eigenvalue weighted by Crippen LogP contribution is 2.30. The average Bonchev–Trinajstić information content (AvgIpc) is 2.23. The molecule has 9 heteroatoms. The molecule has 0 fully saturated rings. The first-order valence-electron chi connectivity index (χ1n) is 4.32. The predicted octanol–water partition coefficient (Wildman–Crippen LogP) is 1.49. The summed E-state index contributed by atoms with van der Waals surface area (Å²) >= 11 is 3.11. The van der Waals surface area contributed by atoms with E-state index in [1.54, 1.807) is 0 Å². The van der Waals surface area contributed by atoms with Gasteiger partial charge in [0.05, 0.1) is 9.40 Å². The van der Waals surface area contributed by atoms with Crippen LogP contribution in [0.2, 0.25) is 0 Å². The smallest absolute Gasteiger partial charge is 0.332 e. The van der Waals surface area contributed by atoms with Crippen molar-refractivity contribution < 1.29 is 19.7 Å². The number of aromatic nitrogens is 1. The summed E-state index contributed by atoms with van der Waals surface area (Å²) in [6.07, 6.45) is 1.06. The number of nitro groups is 1. The minimum atomic E-state index is -1.15. The number of carboxylic acid groups (broad SMARTS) is 1. The second-order valence-electron chi connectivity index (χ2n) is 2.97. The standard InChI is InChI=1S/C8H8BrN3O5/c1-4-5(12(15)16)2-10-8(7(4)9)11-17-3-6(13)14/h2H,3H2,1H3,(H,10,11)(H,13,14). The summed E-state index contributed by atoms with van der Waals surface area (Å²) in [6.45, 7) is 0.983. The van der Waals surface area contributed by atoms with Crippen LogP contribution < -0.4 is 5.48 Å². The molecule has 0 saturated carbocycles. The molecule has 1 aromatic heterocycles. The molecule has 17 heavy (non-hydrogen) atoms. The second-order valence-corrected chi connectivity index (χ2v) is 3.77. The molecule has 0 aliphatic rings. The Hall–Kier alpha value is -1.74. The quantitative estimate of drug-likeness (QED) is 0.625. The Morgan fingerprint density at radius 3 is 2.94 bits per heavy atom. The van der Waals surface area contributed by atoms with E-state index >= 15 is 0 Å². The number of hydrogen-bond acceptors (Lipinski definition) is 6. The Labute approximate surface area is 104 Å². The van der Waals surface area contributed by atoms with Crippen LogP contribution in [0.1, 0.15) is 5.56 Å². The molecule has 0 aliphatic carbocycles. The molecule has 0 unspecified atom stereocenters. The van der Waals surface area contributed by atoms with Gasteiger partial charge in [-0.1, -0.05) is 0 Å². The Kier molecular flexibility index (Phi) is 4.35. The van der Waals surface area contributed by atoms with Gasteiger partial charge in [-0.2, -0.15) is 0 Å². The SMILES string of the molecule is Cc1c([N+](=O)[O-])cnc(NOCC(=O)O)c1Br. The van der Waals surface area contributed by atoms with E-state index in [0.717, 1.165) is 6.20 Å². The number of hydrogen-bond donors (Lipinski definition) is 2. The third kappa shape index (κ3) is 3.36. The third-order valence-corrected chi connectivity index (χ3v) is 2.77. The van der Waals surface area contributed by atoms with E-state index in [0.29, 0.717) is 10.0 Å². The lowest BCUT2D eigenvalue weighted by atomic mass is 10.2. The molecule has 0 aromatic carbocycles. The molecule has 1 heterocycles. The van der Waals surface area contributed by atoms with E-state index < -0.39 is 17.5 Å². The fourth-order valence-corrected chi connectivity index (χ4v) is 1.38. The van der Waals surface area contributed by atoms with E-state index in [2.05, 4.69) is 31.2 Å². The van der Waals surface area contributed by atoms with Gasteiger partial charge in [0.2, 0.25) is 0 Å². The molecular weight excluding hydrogens is 298 g/mol. The number of halogens is 1. The molecule has 2 N–H and O–H groups in total. The van der Waals surface area contributed by atoms with Crippen molar-refractivity contribution in [3.63, 3.8) is 0 Å². The first-order chi connectivity index (χ1) is 7.93. The number of pyridine rings is 1. The lowest BCUT2D eigenvalue weighted by molar-refractivity contribution is -0.385. The van der Waals surface area contributed by atoms with Crippen LogP contribution in [0, 0.1) is 17.0 Å². The van der Waals surface area contributed by atoms with E-state index in [4.69, 9.17) is 5.11 Å². The maximum Gasteiger partial charge on any atom is 0.332 e. The molecular formula is C8H8BrN3O5. The zero-order valence-corrected chi connectivity index (χ0v) is 10.2. The lowest BCUT2D eigenvalue weighted by Gasteiger charge is -2.08. The summed E-state index contributed by atoms with van der Waals surface area (Å²) in [4.78, 5) is 28.6. The number of nitrogens with zero attached hydrogens (tertiary/aromatic N) is 2. The zero-order chi connectivity index (χ0) is 13.0. The fourth-order valence-electron chi connectivity index (χ4n) is 0.991. The Balaban J connectivity index is 2.85. The van der Waals surface area contributed by atoms with Crippen molar-refractivity contribution in [1.29, 1.82) is 0 Å². The van der Waals surface area contributed by atoms with Crippen LogP contribution in [0.3, 0.4) is 0 Å². The van der Waals surface area contributed by atoms with E-state index in [1.165, 1.54) is 6.92 Å². The fraction of sp³-hybridized carbons (Fsp3) is 0.250. The van der Waals surface area contributed by atoms with Gasteiger partial charge in [0.15, 0.2) is 12.4 Å². The molecule has 0 bridgehead atoms. The molecule has 0 radical (unpaired) electrons. The normalized spacial score (nSPS) is 10.0. The van der Waals surface area contributed by atoms with Crippen LogP contribution in [-0.2, 0) is 9.63 Å². The summed E-state index contributed by atoms with van der Waals surface area (Å²) in [7, 11) is 0. The topological polar surface area (TPSA) is 115 Å². The van der Waals surface area contributed by atoms with Crippen molar-refractivity contribution >= 4 is 33.4 Å². The average molecular weight is 306 g/mol. The van der Waals surface area contributed by atoms with Crippen molar-refractivity contribution in [2.24, 2.45) is 0 Å². The summed E-state index contributed by atoms with van der Waals surface area (Å²) < 4.78 is 0.345. The number of aliphatic carboxylic acids is 1. The number of rotatable bonds is 5. The van der Waals surface area contributed by atoms with Crippen LogP contribution in [0.4, 0.5) is 11.5 Å². The van der Waals surface area contributed by atoms with Crippen LogP contribution in [0.25, 0.3) is 0 Å². The van der Waals surface area contributed by atoms with Gasteiger partial charge in [-0.05, 0) is 22.9 Å². The number of nitrogens with one attached hydrogen (secondary N) is 1. The highest BCUT2D eigenvalue weighted by molar-refractivity contribution is 9.10. The molecule has 0 aliphatic heterocycles. The molecule has 1 aromatic rings. The van der Waals surface area contributed by atoms with Crippen LogP contribution in [0.5, 0.6) is 0 Å². The largest absolute Gasteiger partial charge is 0.479 e. The lowest BCUT2D eigenvalue weighted by Crippen LogP contribution is -2.12. The summed E-state index contributed by atoms with van der Waals surface area (Å²) in [5.74, 6) is -0.971. The maximum absolute atomic E-state index is 10.6. The van der Waals surface area contributed by atoms with Crippen LogP contribution in [0.15, 0.2) is 10.7 Å². The maximum atomic E-state index is 10.6. The summed E-state index contributed by atoms with van der Waals surface area (Å²) in [5.41, 5.74) is 2.52. The highest BCUT2D eigenvalue weighted by Gasteiger charge is 2.17. The van der Waals surface area contributed by atoms with E-state index in [1.807, 2.05) is 0 Å². The number of carbonyl (C=O) groups is 1. The van der Waals surface area contributed by atoms with E-state index in [-0.39, 0.29) is 11.5 Å². The Morgan fingerprint density at radius 2 is 2.41 bits per heavy atom. The first kappa shape index (κ1) is 13.3. The molecule has 0 atom stereocenters. The van der Waals surface area contributed by atoms with Gasteiger partial charge in [-0.3, -0.25) is 15.0 Å². The minimum Gasteiger partial charge on any atom is -0.479 e. The number of anilines is 1. The minimum absolute atomic E-state index is 0.138. The van der Waals surface area contributed by atoms with Gasteiger partial charge in [-0.15, -0.1) is 0 Å². The van der Waals surface area contributed by atoms with Gasteiger partial charge >= 0.3 is 5.97 Å². The van der Waals surface area contributed by atoms with Crippen molar-refractivity contribution in [2.75, 3.05) is 12.1 Å². The van der Waals surface area contributed by atoms with Crippen LogP contribution in [-0.4, -0.2) is 27.6 Å². The van der Waals surface area contributed by atoms with Crippen molar-refractivity contribution in [3.05, 3.63) is 26.3 Å². The van der Waals surface area contributed by atoms with Crippen molar-refractivity contribution in [2.45, 2.75) is 6.92 Å². The number of carboxylic acids is 1. The predicted molar refractivity (Wildman–Crippen MR) is 60.5 cm³/mol. The first-order valence-corrected chi connectivity index (χ1v) is 5.12. The second kappa shape index (κ2) is 5.55. The van der Waals surface area contributed by atoms with Gasteiger partial charge in [0.25, 0.3) is 5.69 Å². The van der Waals surface area contributed by atoms with Crippen molar-refractivity contribution in [1.82, 2.24) is 4.98 Å². The molecule has 0 amide bonds. The molecule has 0 spiro atoms. The van der Waals surface area contributed by atoms with Gasteiger partial charge in [0, 0.05) is 5.56 Å². The molecule has 8 nitrogen and oxygen atoms in total. The summed E-state index contributed by atoms with van der Waals surface area (Å²) in [6, 6.07) is 0. The van der Waals surface area contributed by atoms with Crippen LogP contribution >= 0.6 is 15.9 Å². The Bertz CT molecular complexity index is 465. The summed E-state index contributed by atoms with van der Waals surface area (Å²) in [5, 5.41) is 18.9. The highest BCUT2D eigenvalue weighted by atomic mass is 79.9. The Morgan fingerprint density at radius 1 is 1.76 bits per heavy atom. The molecule has 92 valence electrons. The third-order valence-electron chi connectivity index (χ3n) is 1.80. The molecule has 1 rings (SSSR count). The van der Waals surface area contributed by atoms with Gasteiger partial charge in [0.1, 0.15) is 6.20 Å². The van der Waals surface area contributed by atoms with Crippen molar-refractivity contribution in [3.8, 4) is 0 Å².